The number of nitrogens with one attached hydrogen (secondary N) is 4. The Kier molecular flexibility index (Phi) is 5.95. The van der Waals surface area contributed by atoms with E-state index in [0.29, 0.717) is 11.6 Å². The first kappa shape index (κ1) is 21.0. The monoisotopic (exact) mass is 437 g/mol. The summed E-state index contributed by atoms with van der Waals surface area (Å²) >= 11 is 5.77. The summed E-state index contributed by atoms with van der Waals surface area (Å²) in [6.45, 7) is 3.87. The molecule has 3 heterocycles. The molecule has 0 bridgehead atoms. The van der Waals surface area contributed by atoms with E-state index in [0.717, 1.165) is 32.0 Å². The van der Waals surface area contributed by atoms with Crippen molar-refractivity contribution in [2.45, 2.75) is 38.6 Å². The molecule has 0 aromatic heterocycles. The van der Waals surface area contributed by atoms with Crippen molar-refractivity contribution in [1.29, 1.82) is 0 Å². The highest BCUT2D eigenvalue weighted by molar-refractivity contribution is 6.31. The molecule has 30 heavy (non-hydrogen) atoms. The Morgan fingerprint density at radius 2 is 2.10 bits per heavy atom. The van der Waals surface area contributed by atoms with Gasteiger partial charge in [-0.1, -0.05) is 18.5 Å². The molecule has 8 nitrogen and oxygen atoms in total. The molecule has 4 N–H and O–H groups in total. The number of carbonyl (C=O) groups excluding carboxylic acids is 3. The second kappa shape index (κ2) is 8.49. The first-order valence-corrected chi connectivity index (χ1v) is 10.6. The predicted molar refractivity (Wildman–Crippen MR) is 109 cm³/mol. The van der Waals surface area contributed by atoms with Crippen molar-refractivity contribution in [3.8, 4) is 0 Å². The number of amides is 3. The van der Waals surface area contributed by atoms with E-state index in [9.17, 15) is 18.8 Å². The third-order valence-electron chi connectivity index (χ3n) is 6.01. The number of likely N-dealkylation sites (tertiary alicyclic amines) is 1. The van der Waals surface area contributed by atoms with Crippen LogP contribution in [0, 0.1) is 23.6 Å². The quantitative estimate of drug-likeness (QED) is 0.569. The lowest BCUT2D eigenvalue weighted by atomic mass is 9.81. The number of anilines is 1. The largest absolute Gasteiger partial charge is 0.340 e. The van der Waals surface area contributed by atoms with Crippen molar-refractivity contribution in [1.82, 2.24) is 20.9 Å². The van der Waals surface area contributed by atoms with Crippen molar-refractivity contribution in [2.24, 2.45) is 17.8 Å². The SMILES string of the molecule is CC1CCCN(C2NC(=O)C3C(NC(=O)CC3C(=O)Nc3ccc(F)c(Cl)c3)N2)C1. The van der Waals surface area contributed by atoms with Crippen LogP contribution in [0.3, 0.4) is 0 Å². The summed E-state index contributed by atoms with van der Waals surface area (Å²) in [7, 11) is 0. The Morgan fingerprint density at radius 3 is 2.83 bits per heavy atom. The molecular weight excluding hydrogens is 413 g/mol. The summed E-state index contributed by atoms with van der Waals surface area (Å²) in [5.74, 6) is -2.75. The van der Waals surface area contributed by atoms with Crippen LogP contribution in [0.2, 0.25) is 5.02 Å². The van der Waals surface area contributed by atoms with Gasteiger partial charge in [-0.05, 0) is 37.0 Å². The molecule has 3 amide bonds. The minimum atomic E-state index is -0.860. The first-order chi connectivity index (χ1) is 14.3. The third-order valence-corrected chi connectivity index (χ3v) is 6.30. The van der Waals surface area contributed by atoms with Gasteiger partial charge in [-0.2, -0.15) is 0 Å². The van der Waals surface area contributed by atoms with Crippen LogP contribution in [0.5, 0.6) is 0 Å². The topological polar surface area (TPSA) is 103 Å². The molecule has 3 aliphatic rings. The van der Waals surface area contributed by atoms with Gasteiger partial charge in [0.2, 0.25) is 17.7 Å². The molecule has 5 unspecified atom stereocenters. The minimum Gasteiger partial charge on any atom is -0.340 e. The summed E-state index contributed by atoms with van der Waals surface area (Å²) in [5, 5.41) is 11.6. The molecular formula is C20H25ClFN5O3. The lowest BCUT2D eigenvalue weighted by molar-refractivity contribution is -0.148. The average Bonchev–Trinajstić information content (AvgIpc) is 2.69. The van der Waals surface area contributed by atoms with Gasteiger partial charge in [0.15, 0.2) is 0 Å². The van der Waals surface area contributed by atoms with Crippen molar-refractivity contribution in [2.75, 3.05) is 18.4 Å². The van der Waals surface area contributed by atoms with Gasteiger partial charge in [0, 0.05) is 25.2 Å². The highest BCUT2D eigenvalue weighted by atomic mass is 35.5. The van der Waals surface area contributed by atoms with E-state index in [1.165, 1.54) is 12.1 Å². The third kappa shape index (κ3) is 4.28. The summed E-state index contributed by atoms with van der Waals surface area (Å²) in [6, 6.07) is 3.82. The van der Waals surface area contributed by atoms with Crippen molar-refractivity contribution in [3.05, 3.63) is 29.0 Å². The molecule has 1 aromatic carbocycles. The van der Waals surface area contributed by atoms with E-state index < -0.39 is 29.7 Å². The Balaban J connectivity index is 1.49. The van der Waals surface area contributed by atoms with Crippen molar-refractivity contribution < 1.29 is 18.8 Å². The van der Waals surface area contributed by atoms with Crippen LogP contribution in [0.1, 0.15) is 26.2 Å². The Labute approximate surface area is 178 Å². The van der Waals surface area contributed by atoms with Gasteiger partial charge in [0.05, 0.1) is 23.0 Å². The van der Waals surface area contributed by atoms with Crippen molar-refractivity contribution >= 4 is 35.0 Å². The second-order valence-electron chi connectivity index (χ2n) is 8.32. The van der Waals surface area contributed by atoms with Gasteiger partial charge in [0.25, 0.3) is 0 Å². The Hall–Kier alpha value is -2.23. The van der Waals surface area contributed by atoms with E-state index in [2.05, 4.69) is 33.1 Å². The van der Waals surface area contributed by atoms with Gasteiger partial charge >= 0.3 is 0 Å². The fourth-order valence-corrected chi connectivity index (χ4v) is 4.71. The van der Waals surface area contributed by atoms with Gasteiger partial charge in [-0.3, -0.25) is 24.6 Å². The van der Waals surface area contributed by atoms with E-state index >= 15 is 0 Å². The number of piperidine rings is 2. The van der Waals surface area contributed by atoms with Gasteiger partial charge in [-0.25, -0.2) is 4.39 Å². The van der Waals surface area contributed by atoms with Gasteiger partial charge < -0.3 is 16.0 Å². The first-order valence-electron chi connectivity index (χ1n) is 10.2. The second-order valence-corrected chi connectivity index (χ2v) is 8.73. The molecule has 3 aliphatic heterocycles. The molecule has 0 aliphatic carbocycles. The molecule has 3 fully saturated rings. The van der Waals surface area contributed by atoms with E-state index in [4.69, 9.17) is 11.6 Å². The summed E-state index contributed by atoms with van der Waals surface area (Å²) < 4.78 is 13.4. The van der Waals surface area contributed by atoms with Crippen LogP contribution in [-0.4, -0.2) is 48.2 Å². The molecule has 4 rings (SSSR count). The fraction of sp³-hybridized carbons (Fsp3) is 0.550. The van der Waals surface area contributed by atoms with Crippen LogP contribution >= 0.6 is 11.6 Å². The Bertz CT molecular complexity index is 869. The van der Waals surface area contributed by atoms with Crippen LogP contribution in [0.15, 0.2) is 18.2 Å². The molecule has 3 saturated heterocycles. The summed E-state index contributed by atoms with van der Waals surface area (Å²) in [6.07, 6.45) is 1.05. The number of benzene rings is 1. The average molecular weight is 438 g/mol. The Morgan fingerprint density at radius 1 is 1.30 bits per heavy atom. The molecule has 1 aromatic rings. The highest BCUT2D eigenvalue weighted by Gasteiger charge is 2.49. The normalized spacial score (nSPS) is 32.0. The maximum Gasteiger partial charge on any atom is 0.229 e. The van der Waals surface area contributed by atoms with Crippen LogP contribution in [0.4, 0.5) is 10.1 Å². The number of hydrogen-bond acceptors (Lipinski definition) is 5. The zero-order valence-electron chi connectivity index (χ0n) is 16.6. The molecule has 0 radical (unpaired) electrons. The predicted octanol–water partition coefficient (Wildman–Crippen LogP) is 1.23. The van der Waals surface area contributed by atoms with Gasteiger partial charge in [0.1, 0.15) is 12.1 Å². The minimum absolute atomic E-state index is 0.109. The summed E-state index contributed by atoms with van der Waals surface area (Å²) in [5.41, 5.74) is 0.304. The summed E-state index contributed by atoms with van der Waals surface area (Å²) in [4.78, 5) is 40.3. The number of hydrogen-bond donors (Lipinski definition) is 4. The molecule has 0 spiro atoms. The zero-order valence-corrected chi connectivity index (χ0v) is 17.3. The van der Waals surface area contributed by atoms with Crippen LogP contribution in [0.25, 0.3) is 0 Å². The highest BCUT2D eigenvalue weighted by Crippen LogP contribution is 2.29. The lowest BCUT2D eigenvalue weighted by Gasteiger charge is -2.47. The molecule has 162 valence electrons. The van der Waals surface area contributed by atoms with Crippen LogP contribution in [-0.2, 0) is 14.4 Å². The maximum atomic E-state index is 13.4. The van der Waals surface area contributed by atoms with Crippen LogP contribution < -0.4 is 21.3 Å². The van der Waals surface area contributed by atoms with E-state index in [-0.39, 0.29) is 29.5 Å². The smallest absolute Gasteiger partial charge is 0.229 e. The van der Waals surface area contributed by atoms with E-state index in [1.54, 1.807) is 0 Å². The molecule has 10 heteroatoms. The zero-order chi connectivity index (χ0) is 21.4. The lowest BCUT2D eigenvalue weighted by Crippen LogP contribution is -2.74. The number of rotatable bonds is 3. The number of fused-ring (bicyclic) bond motifs is 1. The number of halogens is 2. The van der Waals surface area contributed by atoms with Crippen molar-refractivity contribution in [3.63, 3.8) is 0 Å². The number of carbonyl (C=O) groups is 3. The number of nitrogens with zero attached hydrogens (tertiary/aromatic N) is 1. The standard InChI is InChI=1S/C20H25ClFN5O3/c1-10-3-2-6-27(9-10)20-25-17-16(19(30)26-20)12(8-15(28)24-17)18(29)23-11-4-5-14(22)13(21)7-11/h4-5,7,10,12,16-17,20,25H,2-3,6,8-9H2,1H3,(H,23,29)(H,24,28)(H,26,30). The van der Waals surface area contributed by atoms with Gasteiger partial charge in [-0.15, -0.1) is 0 Å². The fourth-order valence-electron chi connectivity index (χ4n) is 4.52. The molecule has 0 saturated carbocycles. The van der Waals surface area contributed by atoms with E-state index in [1.807, 2.05) is 0 Å². The molecule has 5 atom stereocenters. The maximum absolute atomic E-state index is 13.4.